The summed E-state index contributed by atoms with van der Waals surface area (Å²) >= 11 is 0. The number of rotatable bonds is 3. The van der Waals surface area contributed by atoms with Gasteiger partial charge >= 0.3 is 0 Å². The SMILES string of the molecule is Cl.Cl.NNC(=O)[C@@H](N)Cc1cnc[nH]1. The predicted octanol–water partition coefficient (Wildman–Crippen LogP) is -0.887. The standard InChI is InChI=1S/C6H11N5O.2ClH/c7-5(6(12)11-8)1-4-2-9-3-10-4;;/h2-3,5H,1,7-8H2,(H,9,10)(H,11,12);2*1H/t5-;;/m0../s1. The van der Waals surface area contributed by atoms with Gasteiger partial charge < -0.3 is 10.7 Å². The molecule has 1 heterocycles. The highest BCUT2D eigenvalue weighted by Crippen LogP contribution is 1.95. The molecule has 1 aromatic heterocycles. The zero-order valence-electron chi connectivity index (χ0n) is 7.27. The Morgan fingerprint density at radius 1 is 1.64 bits per heavy atom. The lowest BCUT2D eigenvalue weighted by molar-refractivity contribution is -0.122. The Labute approximate surface area is 93.6 Å². The minimum absolute atomic E-state index is 0. The number of imidazole rings is 1. The average Bonchev–Trinajstić information content (AvgIpc) is 2.55. The summed E-state index contributed by atoms with van der Waals surface area (Å²) in [4.78, 5) is 17.5. The first-order chi connectivity index (χ1) is 5.74. The number of aromatic nitrogens is 2. The molecule has 6 nitrogen and oxygen atoms in total. The minimum atomic E-state index is -0.629. The van der Waals surface area contributed by atoms with Gasteiger partial charge in [0.25, 0.3) is 5.91 Å². The Kier molecular flexibility index (Phi) is 8.46. The largest absolute Gasteiger partial charge is 0.348 e. The van der Waals surface area contributed by atoms with Crippen LogP contribution in [0.3, 0.4) is 0 Å². The van der Waals surface area contributed by atoms with E-state index in [1.54, 1.807) is 6.20 Å². The van der Waals surface area contributed by atoms with Crippen LogP contribution in [-0.2, 0) is 11.2 Å². The second-order valence-corrected chi connectivity index (χ2v) is 2.40. The fourth-order valence-electron chi connectivity index (χ4n) is 0.833. The molecule has 1 rings (SSSR count). The third-order valence-electron chi connectivity index (χ3n) is 1.47. The van der Waals surface area contributed by atoms with Crippen molar-refractivity contribution < 1.29 is 4.79 Å². The molecular formula is C6H13Cl2N5O. The van der Waals surface area contributed by atoms with E-state index >= 15 is 0 Å². The molecule has 1 aromatic rings. The molecule has 1 amide bonds. The topological polar surface area (TPSA) is 110 Å². The first-order valence-electron chi connectivity index (χ1n) is 3.47. The second kappa shape index (κ2) is 7.57. The van der Waals surface area contributed by atoms with Gasteiger partial charge in [0.15, 0.2) is 0 Å². The van der Waals surface area contributed by atoms with Crippen LogP contribution in [0.25, 0.3) is 0 Å². The molecule has 0 aliphatic rings. The second-order valence-electron chi connectivity index (χ2n) is 2.40. The minimum Gasteiger partial charge on any atom is -0.348 e. The van der Waals surface area contributed by atoms with Crippen molar-refractivity contribution in [1.29, 1.82) is 0 Å². The van der Waals surface area contributed by atoms with E-state index in [1.165, 1.54) is 6.33 Å². The molecule has 0 unspecified atom stereocenters. The summed E-state index contributed by atoms with van der Waals surface area (Å²) in [5, 5.41) is 0. The van der Waals surface area contributed by atoms with Crippen LogP contribution in [0.2, 0.25) is 0 Å². The first-order valence-corrected chi connectivity index (χ1v) is 3.47. The third kappa shape index (κ3) is 4.43. The summed E-state index contributed by atoms with van der Waals surface area (Å²) in [6.45, 7) is 0. The molecule has 0 radical (unpaired) electrons. The van der Waals surface area contributed by atoms with Gasteiger partial charge in [-0.1, -0.05) is 0 Å². The zero-order chi connectivity index (χ0) is 8.97. The van der Waals surface area contributed by atoms with Gasteiger partial charge in [0.1, 0.15) is 0 Å². The van der Waals surface area contributed by atoms with Crippen molar-refractivity contribution in [3.8, 4) is 0 Å². The Hall–Kier alpha value is -0.820. The third-order valence-corrected chi connectivity index (χ3v) is 1.47. The molecule has 0 saturated carbocycles. The lowest BCUT2D eigenvalue weighted by Crippen LogP contribution is -2.45. The monoisotopic (exact) mass is 241 g/mol. The summed E-state index contributed by atoms with van der Waals surface area (Å²) in [5.41, 5.74) is 8.27. The number of halogens is 2. The van der Waals surface area contributed by atoms with Gasteiger partial charge in [-0.2, -0.15) is 0 Å². The summed E-state index contributed by atoms with van der Waals surface area (Å²) in [5.74, 6) is 4.51. The lowest BCUT2D eigenvalue weighted by atomic mass is 10.2. The van der Waals surface area contributed by atoms with Crippen molar-refractivity contribution in [3.05, 3.63) is 18.2 Å². The van der Waals surface area contributed by atoms with Crippen molar-refractivity contribution in [3.63, 3.8) is 0 Å². The van der Waals surface area contributed by atoms with Gasteiger partial charge in [-0.3, -0.25) is 10.2 Å². The molecular weight excluding hydrogens is 229 g/mol. The maximum absolute atomic E-state index is 10.8. The summed E-state index contributed by atoms with van der Waals surface area (Å²) in [6, 6.07) is -0.629. The molecule has 0 fully saturated rings. The van der Waals surface area contributed by atoms with Crippen LogP contribution in [0.1, 0.15) is 5.69 Å². The Morgan fingerprint density at radius 3 is 2.71 bits per heavy atom. The number of carbonyl (C=O) groups excluding carboxylic acids is 1. The molecule has 82 valence electrons. The lowest BCUT2D eigenvalue weighted by Gasteiger charge is -2.06. The molecule has 0 aliphatic carbocycles. The van der Waals surface area contributed by atoms with E-state index in [0.717, 1.165) is 5.69 Å². The number of hydrazine groups is 1. The highest BCUT2D eigenvalue weighted by Gasteiger charge is 2.12. The molecule has 0 aliphatic heterocycles. The number of amides is 1. The van der Waals surface area contributed by atoms with Gasteiger partial charge in [-0.25, -0.2) is 10.8 Å². The number of nitrogens with zero attached hydrogens (tertiary/aromatic N) is 1. The number of nitrogens with two attached hydrogens (primary N) is 2. The van der Waals surface area contributed by atoms with Gasteiger partial charge in [0.2, 0.25) is 0 Å². The molecule has 8 heteroatoms. The van der Waals surface area contributed by atoms with E-state index in [2.05, 4.69) is 9.97 Å². The summed E-state index contributed by atoms with van der Waals surface area (Å²) in [7, 11) is 0. The highest BCUT2D eigenvalue weighted by molar-refractivity contribution is 5.85. The summed E-state index contributed by atoms with van der Waals surface area (Å²) in [6.07, 6.45) is 3.55. The molecule has 1 atom stereocenters. The number of hydrogen-bond donors (Lipinski definition) is 4. The number of nitrogens with one attached hydrogen (secondary N) is 2. The van der Waals surface area contributed by atoms with E-state index in [9.17, 15) is 4.79 Å². The maximum Gasteiger partial charge on any atom is 0.251 e. The van der Waals surface area contributed by atoms with Crippen LogP contribution >= 0.6 is 24.8 Å². The van der Waals surface area contributed by atoms with Gasteiger partial charge in [-0.05, 0) is 0 Å². The molecule has 0 bridgehead atoms. The van der Waals surface area contributed by atoms with E-state index in [0.29, 0.717) is 6.42 Å². The van der Waals surface area contributed by atoms with Crippen molar-refractivity contribution >= 4 is 30.7 Å². The van der Waals surface area contributed by atoms with Gasteiger partial charge in [0.05, 0.1) is 12.4 Å². The normalized spacial score (nSPS) is 10.7. The molecule has 0 saturated heterocycles. The fourth-order valence-corrected chi connectivity index (χ4v) is 0.833. The van der Waals surface area contributed by atoms with Crippen molar-refractivity contribution in [2.24, 2.45) is 11.6 Å². The van der Waals surface area contributed by atoms with Crippen LogP contribution in [0, 0.1) is 0 Å². The Morgan fingerprint density at radius 2 is 2.29 bits per heavy atom. The maximum atomic E-state index is 10.8. The van der Waals surface area contributed by atoms with Crippen molar-refractivity contribution in [1.82, 2.24) is 15.4 Å². The molecule has 6 N–H and O–H groups in total. The Balaban J connectivity index is 0. The number of hydrogen-bond acceptors (Lipinski definition) is 4. The van der Waals surface area contributed by atoms with Crippen LogP contribution in [0.5, 0.6) is 0 Å². The number of aromatic amines is 1. The van der Waals surface area contributed by atoms with Crippen molar-refractivity contribution in [2.45, 2.75) is 12.5 Å². The quantitative estimate of drug-likeness (QED) is 0.313. The number of H-pyrrole nitrogens is 1. The van der Waals surface area contributed by atoms with Gasteiger partial charge in [0, 0.05) is 18.3 Å². The molecule has 0 spiro atoms. The van der Waals surface area contributed by atoms with Crippen molar-refractivity contribution in [2.75, 3.05) is 0 Å². The van der Waals surface area contributed by atoms with Crippen LogP contribution in [-0.4, -0.2) is 21.9 Å². The first kappa shape index (κ1) is 15.6. The van der Waals surface area contributed by atoms with Crippen LogP contribution in [0.15, 0.2) is 12.5 Å². The van der Waals surface area contributed by atoms with E-state index in [4.69, 9.17) is 11.6 Å². The smallest absolute Gasteiger partial charge is 0.251 e. The van der Waals surface area contributed by atoms with E-state index < -0.39 is 6.04 Å². The Bertz CT molecular complexity index is 253. The zero-order valence-corrected chi connectivity index (χ0v) is 8.90. The fraction of sp³-hybridized carbons (Fsp3) is 0.333. The van der Waals surface area contributed by atoms with Gasteiger partial charge in [-0.15, -0.1) is 24.8 Å². The molecule has 0 aromatic carbocycles. The molecule has 14 heavy (non-hydrogen) atoms. The average molecular weight is 242 g/mol. The van der Waals surface area contributed by atoms with E-state index in [-0.39, 0.29) is 30.7 Å². The van der Waals surface area contributed by atoms with Crippen LogP contribution < -0.4 is 17.0 Å². The van der Waals surface area contributed by atoms with Crippen LogP contribution in [0.4, 0.5) is 0 Å². The predicted molar refractivity (Wildman–Crippen MR) is 57.1 cm³/mol. The summed E-state index contributed by atoms with van der Waals surface area (Å²) < 4.78 is 0. The highest BCUT2D eigenvalue weighted by atomic mass is 35.5. The number of carbonyl (C=O) groups is 1. The van der Waals surface area contributed by atoms with E-state index in [1.807, 2.05) is 5.43 Å².